The Kier molecular flexibility index (Phi) is 3.69. The number of hydrogen-bond donors (Lipinski definition) is 0. The molecule has 2 unspecified atom stereocenters. The maximum absolute atomic E-state index is 12.0. The summed E-state index contributed by atoms with van der Waals surface area (Å²) in [6.07, 6.45) is 0.362. The lowest BCUT2D eigenvalue weighted by Gasteiger charge is -2.42. The van der Waals surface area contributed by atoms with Gasteiger partial charge in [0.25, 0.3) is 0 Å². The first-order valence-electron chi connectivity index (χ1n) is 5.49. The van der Waals surface area contributed by atoms with Gasteiger partial charge in [0.15, 0.2) is 0 Å². The molecule has 18 heavy (non-hydrogen) atoms. The van der Waals surface area contributed by atoms with E-state index in [1.165, 1.54) is 0 Å². The molecule has 2 atom stereocenters. The van der Waals surface area contributed by atoms with Crippen LogP contribution in [0.1, 0.15) is 20.3 Å². The van der Waals surface area contributed by atoms with Crippen LogP contribution in [-0.4, -0.2) is 23.3 Å². The average molecular weight is 244 g/mol. The first-order chi connectivity index (χ1) is 8.47. The zero-order chi connectivity index (χ0) is 13.9. The zero-order valence-corrected chi connectivity index (χ0v) is 10.2. The summed E-state index contributed by atoms with van der Waals surface area (Å²) < 4.78 is 0. The second kappa shape index (κ2) is 4.85. The zero-order valence-electron chi connectivity index (χ0n) is 10.2. The van der Waals surface area contributed by atoms with Crippen LogP contribution in [0.5, 0.6) is 0 Å². The van der Waals surface area contributed by atoms with Gasteiger partial charge in [-0.15, -0.1) is 0 Å². The van der Waals surface area contributed by atoms with Gasteiger partial charge in [-0.1, -0.05) is 13.8 Å². The molecule has 1 fully saturated rings. The van der Waals surface area contributed by atoms with Crippen LogP contribution in [-0.2, 0) is 9.59 Å². The van der Waals surface area contributed by atoms with Crippen LogP contribution in [0.4, 0.5) is 0 Å². The number of nitrogens with zero attached hydrogens (tertiary/aromatic N) is 4. The largest absolute Gasteiger partial charge is 0.273 e. The van der Waals surface area contributed by atoms with E-state index in [0.29, 0.717) is 11.3 Å². The first-order valence-corrected chi connectivity index (χ1v) is 5.49. The van der Waals surface area contributed by atoms with E-state index < -0.39 is 35.6 Å². The minimum Gasteiger partial charge on any atom is -0.273 e. The summed E-state index contributed by atoms with van der Waals surface area (Å²) >= 11 is 0. The molecule has 2 amide bonds. The monoisotopic (exact) mass is 244 g/mol. The SMILES string of the molecule is CCC1(C)C(C#N)C(=O)N(CC#N)C(=O)C1C#N. The number of piperidine rings is 1. The molecule has 1 aliphatic heterocycles. The number of amides is 2. The molecule has 0 aromatic carbocycles. The van der Waals surface area contributed by atoms with Gasteiger partial charge < -0.3 is 0 Å². The Labute approximate surface area is 105 Å². The van der Waals surface area contributed by atoms with Crippen molar-refractivity contribution in [2.45, 2.75) is 20.3 Å². The van der Waals surface area contributed by atoms with Gasteiger partial charge in [-0.25, -0.2) is 0 Å². The van der Waals surface area contributed by atoms with Gasteiger partial charge in [0, 0.05) is 5.41 Å². The number of hydrogen-bond acceptors (Lipinski definition) is 5. The number of carbonyl (C=O) groups is 2. The maximum atomic E-state index is 12.0. The number of nitriles is 3. The maximum Gasteiger partial charge on any atom is 0.248 e. The lowest BCUT2D eigenvalue weighted by molar-refractivity contribution is -0.159. The van der Waals surface area contributed by atoms with Gasteiger partial charge in [-0.2, -0.15) is 15.8 Å². The molecule has 92 valence electrons. The van der Waals surface area contributed by atoms with Crippen molar-refractivity contribution in [1.82, 2.24) is 4.90 Å². The van der Waals surface area contributed by atoms with Crippen molar-refractivity contribution in [3.05, 3.63) is 0 Å². The van der Waals surface area contributed by atoms with E-state index in [0.717, 1.165) is 0 Å². The van der Waals surface area contributed by atoms with Gasteiger partial charge in [-0.05, 0) is 6.42 Å². The summed E-state index contributed by atoms with van der Waals surface area (Å²) in [6.45, 7) is 2.90. The summed E-state index contributed by atoms with van der Waals surface area (Å²) in [5, 5.41) is 26.8. The molecule has 1 aliphatic rings. The van der Waals surface area contributed by atoms with Crippen molar-refractivity contribution >= 4 is 11.8 Å². The highest BCUT2D eigenvalue weighted by Gasteiger charge is 2.55. The summed E-state index contributed by atoms with van der Waals surface area (Å²) in [5.41, 5.74) is -0.996. The molecule has 0 N–H and O–H groups in total. The molecule has 1 heterocycles. The second-order valence-electron chi connectivity index (χ2n) is 4.40. The van der Waals surface area contributed by atoms with E-state index in [9.17, 15) is 9.59 Å². The molecule has 0 spiro atoms. The van der Waals surface area contributed by atoms with Crippen LogP contribution in [0, 0.1) is 51.2 Å². The normalized spacial score (nSPS) is 31.4. The fourth-order valence-corrected chi connectivity index (χ4v) is 2.19. The lowest BCUT2D eigenvalue weighted by atomic mass is 9.63. The van der Waals surface area contributed by atoms with Crippen molar-refractivity contribution in [3.63, 3.8) is 0 Å². The molecule has 0 aliphatic carbocycles. The molecule has 0 aromatic heterocycles. The average Bonchev–Trinajstić information content (AvgIpc) is 2.35. The highest BCUT2D eigenvalue weighted by molar-refractivity contribution is 6.03. The number of imide groups is 1. The summed E-state index contributed by atoms with van der Waals surface area (Å²) in [4.78, 5) is 24.7. The molecular formula is C12H12N4O2. The van der Waals surface area contributed by atoms with Crippen molar-refractivity contribution in [1.29, 1.82) is 15.8 Å². The van der Waals surface area contributed by atoms with Crippen molar-refractivity contribution in [3.8, 4) is 18.2 Å². The van der Waals surface area contributed by atoms with Crippen molar-refractivity contribution in [2.24, 2.45) is 17.3 Å². The Bertz CT molecular complexity index is 472. The van der Waals surface area contributed by atoms with E-state index in [1.54, 1.807) is 19.9 Å². The molecule has 1 rings (SSSR count). The van der Waals surface area contributed by atoms with E-state index in [2.05, 4.69) is 0 Å². The molecule has 0 saturated carbocycles. The third kappa shape index (κ3) is 1.71. The Morgan fingerprint density at radius 2 is 1.61 bits per heavy atom. The number of likely N-dealkylation sites (tertiary alicyclic amines) is 1. The van der Waals surface area contributed by atoms with Crippen LogP contribution in [0.2, 0.25) is 0 Å². The van der Waals surface area contributed by atoms with Gasteiger partial charge in [0.05, 0.1) is 18.2 Å². The molecule has 6 nitrogen and oxygen atoms in total. The fraction of sp³-hybridized carbons (Fsp3) is 0.583. The number of rotatable bonds is 2. The smallest absolute Gasteiger partial charge is 0.248 e. The van der Waals surface area contributed by atoms with Gasteiger partial charge in [0.1, 0.15) is 18.4 Å². The summed E-state index contributed by atoms with van der Waals surface area (Å²) in [7, 11) is 0. The molecular weight excluding hydrogens is 232 g/mol. The van der Waals surface area contributed by atoms with Crippen LogP contribution >= 0.6 is 0 Å². The number of carbonyl (C=O) groups excluding carboxylic acids is 2. The third-order valence-corrected chi connectivity index (χ3v) is 3.59. The van der Waals surface area contributed by atoms with Gasteiger partial charge in [-0.3, -0.25) is 14.5 Å². The van der Waals surface area contributed by atoms with Gasteiger partial charge >= 0.3 is 0 Å². The predicted molar refractivity (Wildman–Crippen MR) is 58.9 cm³/mol. The van der Waals surface area contributed by atoms with Crippen molar-refractivity contribution < 1.29 is 9.59 Å². The van der Waals surface area contributed by atoms with Crippen molar-refractivity contribution in [2.75, 3.05) is 6.54 Å². The van der Waals surface area contributed by atoms with E-state index in [4.69, 9.17) is 15.8 Å². The van der Waals surface area contributed by atoms with E-state index in [1.807, 2.05) is 12.1 Å². The minimum atomic E-state index is -1.07. The Morgan fingerprint density at radius 3 is 1.89 bits per heavy atom. The quantitative estimate of drug-likeness (QED) is 0.521. The minimum absolute atomic E-state index is 0.362. The lowest BCUT2D eigenvalue weighted by Crippen LogP contribution is -2.58. The molecule has 0 radical (unpaired) electrons. The first kappa shape index (κ1) is 13.7. The molecule has 0 aromatic rings. The topological polar surface area (TPSA) is 109 Å². The highest BCUT2D eigenvalue weighted by Crippen LogP contribution is 2.44. The van der Waals surface area contributed by atoms with Gasteiger partial charge in [0.2, 0.25) is 11.8 Å². The van der Waals surface area contributed by atoms with Crippen LogP contribution < -0.4 is 0 Å². The standard InChI is InChI=1S/C12H12N4O2/c1-3-12(2)8(6-14)10(17)16(5-4-13)11(18)9(12)7-15/h8-9H,3,5H2,1-2H3. The van der Waals surface area contributed by atoms with Crippen LogP contribution in [0.15, 0.2) is 0 Å². The Morgan fingerprint density at radius 1 is 1.17 bits per heavy atom. The fourth-order valence-electron chi connectivity index (χ4n) is 2.19. The Balaban J connectivity index is 3.34. The molecule has 6 heteroatoms. The summed E-state index contributed by atoms with van der Waals surface area (Å²) in [5.74, 6) is -3.50. The molecule has 1 saturated heterocycles. The molecule has 0 bridgehead atoms. The predicted octanol–water partition coefficient (Wildman–Crippen LogP) is 0.575. The summed E-state index contributed by atoms with van der Waals surface area (Å²) in [6, 6.07) is 5.43. The van der Waals surface area contributed by atoms with Crippen LogP contribution in [0.3, 0.4) is 0 Å². The second-order valence-corrected chi connectivity index (χ2v) is 4.40. The third-order valence-electron chi connectivity index (χ3n) is 3.59. The van der Waals surface area contributed by atoms with Crippen LogP contribution in [0.25, 0.3) is 0 Å². The van der Waals surface area contributed by atoms with E-state index in [-0.39, 0.29) is 0 Å². The highest BCUT2D eigenvalue weighted by atomic mass is 16.2. The Hall–Kier alpha value is -2.39. The van der Waals surface area contributed by atoms with E-state index >= 15 is 0 Å².